The molecule has 2 aromatic carbocycles. The summed E-state index contributed by atoms with van der Waals surface area (Å²) < 4.78 is 26.7. The van der Waals surface area contributed by atoms with Gasteiger partial charge in [-0.1, -0.05) is 23.9 Å². The number of amides is 1. The molecule has 1 aliphatic rings. The minimum absolute atomic E-state index is 0.0207. The van der Waals surface area contributed by atoms with Crippen molar-refractivity contribution < 1.29 is 18.7 Å². The number of likely N-dealkylation sites (N-methyl/N-ethyl adjacent to an activating group) is 1. The van der Waals surface area contributed by atoms with Crippen LogP contribution in [0.5, 0.6) is 11.5 Å². The summed E-state index contributed by atoms with van der Waals surface area (Å²) in [5.74, 6) is 1.29. The van der Waals surface area contributed by atoms with Crippen LogP contribution in [0.3, 0.4) is 0 Å². The van der Waals surface area contributed by atoms with E-state index in [0.29, 0.717) is 41.8 Å². The van der Waals surface area contributed by atoms with Gasteiger partial charge in [-0.15, -0.1) is 0 Å². The van der Waals surface area contributed by atoms with E-state index in [-0.39, 0.29) is 23.6 Å². The first-order valence-corrected chi connectivity index (χ1v) is 11.8. The number of carbonyl (C=O) groups is 1. The van der Waals surface area contributed by atoms with Gasteiger partial charge in [0.05, 0.1) is 29.6 Å². The van der Waals surface area contributed by atoms with Gasteiger partial charge < -0.3 is 14.4 Å². The Labute approximate surface area is 199 Å². The number of hydrogen-bond acceptors (Lipinski definition) is 7. The predicted molar refractivity (Wildman–Crippen MR) is 126 cm³/mol. The number of aromatic nitrogens is 4. The van der Waals surface area contributed by atoms with Gasteiger partial charge in [-0.2, -0.15) is 5.10 Å². The van der Waals surface area contributed by atoms with Gasteiger partial charge >= 0.3 is 0 Å². The normalized spacial score (nSPS) is 14.8. The molecule has 34 heavy (non-hydrogen) atoms. The van der Waals surface area contributed by atoms with E-state index in [0.717, 1.165) is 11.1 Å². The van der Waals surface area contributed by atoms with Crippen LogP contribution in [0.2, 0.25) is 0 Å². The number of ether oxygens (including phenoxy) is 2. The van der Waals surface area contributed by atoms with Crippen molar-refractivity contribution >= 4 is 28.7 Å². The second-order valence-corrected chi connectivity index (χ2v) is 8.63. The average Bonchev–Trinajstić information content (AvgIpc) is 3.31. The smallest absolute Gasteiger partial charge is 0.233 e. The Hall–Kier alpha value is -3.66. The first-order chi connectivity index (χ1) is 16.6. The number of benzene rings is 2. The van der Waals surface area contributed by atoms with Crippen molar-refractivity contribution in [2.24, 2.45) is 0 Å². The van der Waals surface area contributed by atoms with Gasteiger partial charge in [0, 0.05) is 6.54 Å². The van der Waals surface area contributed by atoms with Gasteiger partial charge in [-0.3, -0.25) is 4.79 Å². The standard InChI is InChI=1S/C24H22FN5O3S/c1-2-29(12-18-13-32-20-5-3-4-6-21(20)33-18)22(31)14-34-24-19-11-28-30(23(19)26-15-27-24)17-9-7-16(25)8-10-17/h3-11,15,18H,2,12-14H2,1H3. The van der Waals surface area contributed by atoms with Crippen LogP contribution in [0.25, 0.3) is 16.7 Å². The second kappa shape index (κ2) is 9.68. The van der Waals surface area contributed by atoms with Crippen LogP contribution in [0.1, 0.15) is 6.92 Å². The lowest BCUT2D eigenvalue weighted by atomic mass is 10.2. The van der Waals surface area contributed by atoms with Crippen LogP contribution in [0, 0.1) is 5.82 Å². The van der Waals surface area contributed by atoms with Crippen molar-refractivity contribution in [1.82, 2.24) is 24.6 Å². The van der Waals surface area contributed by atoms with Crippen molar-refractivity contribution in [3.63, 3.8) is 0 Å². The van der Waals surface area contributed by atoms with Crippen molar-refractivity contribution in [2.75, 3.05) is 25.4 Å². The van der Waals surface area contributed by atoms with E-state index < -0.39 is 0 Å². The van der Waals surface area contributed by atoms with Crippen molar-refractivity contribution in [1.29, 1.82) is 0 Å². The first kappa shape index (κ1) is 22.1. The summed E-state index contributed by atoms with van der Waals surface area (Å²) in [6.07, 6.45) is 2.87. The molecule has 0 saturated carbocycles. The Bertz CT molecular complexity index is 1310. The molecule has 4 aromatic rings. The molecule has 0 bridgehead atoms. The molecule has 1 atom stereocenters. The molecule has 1 amide bonds. The van der Waals surface area contributed by atoms with Gasteiger partial charge in [0.2, 0.25) is 5.91 Å². The quantitative estimate of drug-likeness (QED) is 0.295. The first-order valence-electron chi connectivity index (χ1n) is 10.9. The third-order valence-electron chi connectivity index (χ3n) is 5.46. The SMILES string of the molecule is CCN(CC1COc2ccccc2O1)C(=O)CSc1ncnc2c1cnn2-c1ccc(F)cc1. The largest absolute Gasteiger partial charge is 0.486 e. The maximum atomic E-state index is 13.3. The third kappa shape index (κ3) is 4.54. The lowest BCUT2D eigenvalue weighted by Crippen LogP contribution is -2.44. The van der Waals surface area contributed by atoms with Crippen LogP contribution in [0.15, 0.2) is 66.1 Å². The fraction of sp³-hybridized carbons (Fsp3) is 0.250. The zero-order chi connectivity index (χ0) is 23.5. The highest BCUT2D eigenvalue weighted by Crippen LogP contribution is 2.31. The van der Waals surface area contributed by atoms with Gasteiger partial charge in [0.15, 0.2) is 23.3 Å². The van der Waals surface area contributed by atoms with Crippen molar-refractivity contribution in [2.45, 2.75) is 18.1 Å². The third-order valence-corrected chi connectivity index (χ3v) is 6.45. The number of carbonyl (C=O) groups excluding carboxylic acids is 1. The highest BCUT2D eigenvalue weighted by Gasteiger charge is 2.25. The maximum Gasteiger partial charge on any atom is 0.233 e. The molecule has 5 rings (SSSR count). The van der Waals surface area contributed by atoms with E-state index in [1.807, 2.05) is 31.2 Å². The molecule has 8 nitrogen and oxygen atoms in total. The summed E-state index contributed by atoms with van der Waals surface area (Å²) in [7, 11) is 0. The number of hydrogen-bond donors (Lipinski definition) is 0. The van der Waals surface area contributed by atoms with Crippen LogP contribution >= 0.6 is 11.8 Å². The molecular weight excluding hydrogens is 457 g/mol. The van der Waals surface area contributed by atoms with E-state index in [1.54, 1.807) is 27.9 Å². The van der Waals surface area contributed by atoms with Crippen LogP contribution in [0.4, 0.5) is 4.39 Å². The highest BCUT2D eigenvalue weighted by atomic mass is 32.2. The molecule has 1 aliphatic heterocycles. The molecule has 2 aromatic heterocycles. The monoisotopic (exact) mass is 479 g/mol. The molecule has 3 heterocycles. The Morgan fingerprint density at radius 3 is 2.76 bits per heavy atom. The van der Waals surface area contributed by atoms with Crippen molar-refractivity contribution in [3.8, 4) is 17.2 Å². The topological polar surface area (TPSA) is 82.4 Å². The fourth-order valence-electron chi connectivity index (χ4n) is 3.74. The highest BCUT2D eigenvalue weighted by molar-refractivity contribution is 8.00. The lowest BCUT2D eigenvalue weighted by molar-refractivity contribution is -0.129. The molecule has 0 radical (unpaired) electrons. The Morgan fingerprint density at radius 1 is 1.18 bits per heavy atom. The van der Waals surface area contributed by atoms with Gasteiger partial charge in [0.1, 0.15) is 23.8 Å². The molecular formula is C24H22FN5O3S. The molecule has 0 aliphatic carbocycles. The zero-order valence-electron chi connectivity index (χ0n) is 18.4. The van der Waals surface area contributed by atoms with E-state index in [4.69, 9.17) is 9.47 Å². The number of fused-ring (bicyclic) bond motifs is 2. The summed E-state index contributed by atoms with van der Waals surface area (Å²) in [4.78, 5) is 23.4. The average molecular weight is 480 g/mol. The van der Waals surface area contributed by atoms with Crippen LogP contribution in [-0.2, 0) is 4.79 Å². The molecule has 10 heteroatoms. The number of thioether (sulfide) groups is 1. The Kier molecular flexibility index (Phi) is 6.31. The summed E-state index contributed by atoms with van der Waals surface area (Å²) >= 11 is 1.34. The number of rotatable bonds is 7. The summed E-state index contributed by atoms with van der Waals surface area (Å²) in [5, 5.41) is 5.77. The summed E-state index contributed by atoms with van der Waals surface area (Å²) in [5.41, 5.74) is 1.28. The summed E-state index contributed by atoms with van der Waals surface area (Å²) in [6.45, 7) is 3.33. The van der Waals surface area contributed by atoms with E-state index in [2.05, 4.69) is 15.1 Å². The van der Waals surface area contributed by atoms with Crippen LogP contribution in [-0.4, -0.2) is 62.1 Å². The van der Waals surface area contributed by atoms with E-state index in [1.165, 1.54) is 30.2 Å². The Balaban J connectivity index is 1.25. The number of para-hydroxylation sites is 2. The van der Waals surface area contributed by atoms with Crippen molar-refractivity contribution in [3.05, 3.63) is 66.9 Å². The van der Waals surface area contributed by atoms with Gasteiger partial charge in [-0.05, 0) is 43.3 Å². The van der Waals surface area contributed by atoms with Gasteiger partial charge in [-0.25, -0.2) is 19.0 Å². The molecule has 1 unspecified atom stereocenters. The minimum atomic E-state index is -0.320. The Morgan fingerprint density at radius 2 is 1.97 bits per heavy atom. The molecule has 0 saturated heterocycles. The molecule has 174 valence electrons. The van der Waals surface area contributed by atoms with E-state index in [9.17, 15) is 9.18 Å². The fourth-order valence-corrected chi connectivity index (χ4v) is 4.60. The van der Waals surface area contributed by atoms with Gasteiger partial charge in [0.25, 0.3) is 0 Å². The minimum Gasteiger partial charge on any atom is -0.486 e. The predicted octanol–water partition coefficient (Wildman–Crippen LogP) is 3.74. The lowest BCUT2D eigenvalue weighted by Gasteiger charge is -2.30. The molecule has 0 spiro atoms. The summed E-state index contributed by atoms with van der Waals surface area (Å²) in [6, 6.07) is 13.5. The number of nitrogens with zero attached hydrogens (tertiary/aromatic N) is 5. The number of halogens is 1. The molecule has 0 fully saturated rings. The van der Waals surface area contributed by atoms with Crippen LogP contribution < -0.4 is 9.47 Å². The maximum absolute atomic E-state index is 13.3. The molecule has 0 N–H and O–H groups in total. The second-order valence-electron chi connectivity index (χ2n) is 7.67. The zero-order valence-corrected chi connectivity index (χ0v) is 19.2. The van der Waals surface area contributed by atoms with E-state index >= 15 is 0 Å².